The van der Waals surface area contributed by atoms with Gasteiger partial charge in [0.05, 0.1) is 15.5 Å². The molecule has 0 bridgehead atoms. The molecule has 0 unspecified atom stereocenters. The van der Waals surface area contributed by atoms with Crippen molar-refractivity contribution < 1.29 is 13.6 Å². The van der Waals surface area contributed by atoms with E-state index in [-0.39, 0.29) is 15.5 Å². The Kier molecular flexibility index (Phi) is 3.26. The summed E-state index contributed by atoms with van der Waals surface area (Å²) in [5, 5.41) is 1.81. The third-order valence-corrected chi connectivity index (χ3v) is 3.67. The van der Waals surface area contributed by atoms with Crippen molar-refractivity contribution in [2.45, 2.75) is 6.92 Å². The second-order valence-corrected chi connectivity index (χ2v) is 4.80. The molecule has 0 radical (unpaired) electrons. The zero-order chi connectivity index (χ0) is 12.6. The Labute approximate surface area is 106 Å². The van der Waals surface area contributed by atoms with Crippen molar-refractivity contribution in [2.75, 3.05) is 0 Å². The maximum absolute atomic E-state index is 13.7. The number of aryl methyl sites for hydroxylation is 1. The lowest BCUT2D eigenvalue weighted by Gasteiger charge is -2.05. The number of halogens is 3. The van der Waals surface area contributed by atoms with E-state index >= 15 is 0 Å². The van der Waals surface area contributed by atoms with Gasteiger partial charge in [-0.05, 0) is 30.0 Å². The number of thiophene rings is 1. The molecule has 0 amide bonds. The number of carbonyl (C=O) groups excluding carboxylic acids is 1. The molecule has 1 heterocycles. The van der Waals surface area contributed by atoms with Crippen LogP contribution >= 0.6 is 22.9 Å². The van der Waals surface area contributed by atoms with Crippen LogP contribution in [-0.2, 0) is 0 Å². The van der Waals surface area contributed by atoms with E-state index in [4.69, 9.17) is 11.6 Å². The summed E-state index contributed by atoms with van der Waals surface area (Å²) in [5.41, 5.74) is -0.322. The lowest BCUT2D eigenvalue weighted by molar-refractivity contribution is 0.103. The van der Waals surface area contributed by atoms with Crippen molar-refractivity contribution in [3.63, 3.8) is 0 Å². The van der Waals surface area contributed by atoms with Crippen molar-refractivity contribution in [3.8, 4) is 0 Å². The number of carbonyl (C=O) groups is 1. The highest BCUT2D eigenvalue weighted by Gasteiger charge is 2.23. The van der Waals surface area contributed by atoms with E-state index in [9.17, 15) is 13.6 Å². The molecule has 88 valence electrons. The molecular formula is C12H7ClF2OS. The fourth-order valence-corrected chi connectivity index (χ4v) is 2.52. The smallest absolute Gasteiger partial charge is 0.210 e. The molecular weight excluding hydrogens is 266 g/mol. The van der Waals surface area contributed by atoms with Gasteiger partial charge in [-0.15, -0.1) is 11.3 Å². The minimum absolute atomic E-state index is 0.148. The van der Waals surface area contributed by atoms with Gasteiger partial charge in [0, 0.05) is 0 Å². The van der Waals surface area contributed by atoms with Crippen LogP contribution in [0.25, 0.3) is 0 Å². The predicted molar refractivity (Wildman–Crippen MR) is 63.9 cm³/mol. The van der Waals surface area contributed by atoms with Gasteiger partial charge in [-0.3, -0.25) is 4.79 Å². The van der Waals surface area contributed by atoms with Gasteiger partial charge in [-0.25, -0.2) is 8.78 Å². The zero-order valence-corrected chi connectivity index (χ0v) is 10.3. The van der Waals surface area contributed by atoms with Crippen LogP contribution in [0.4, 0.5) is 8.78 Å². The zero-order valence-electron chi connectivity index (χ0n) is 8.76. The summed E-state index contributed by atoms with van der Waals surface area (Å²) in [7, 11) is 0. The van der Waals surface area contributed by atoms with E-state index in [2.05, 4.69) is 0 Å². The average molecular weight is 273 g/mol. The number of rotatable bonds is 2. The van der Waals surface area contributed by atoms with Gasteiger partial charge in [0.1, 0.15) is 11.6 Å². The fraction of sp³-hybridized carbons (Fsp3) is 0.0833. The molecule has 0 N–H and O–H groups in total. The largest absolute Gasteiger partial charge is 0.287 e. The van der Waals surface area contributed by atoms with Gasteiger partial charge in [-0.1, -0.05) is 17.7 Å². The van der Waals surface area contributed by atoms with Crippen molar-refractivity contribution in [3.05, 3.63) is 56.2 Å². The van der Waals surface area contributed by atoms with Crippen LogP contribution in [0, 0.1) is 18.6 Å². The average Bonchev–Trinajstić information content (AvgIpc) is 2.70. The number of benzene rings is 1. The van der Waals surface area contributed by atoms with E-state index < -0.39 is 23.0 Å². The summed E-state index contributed by atoms with van der Waals surface area (Å²) in [4.78, 5) is 12.1. The normalized spacial score (nSPS) is 10.6. The summed E-state index contributed by atoms with van der Waals surface area (Å²) >= 11 is 6.83. The number of hydrogen-bond donors (Lipinski definition) is 0. The maximum atomic E-state index is 13.7. The topological polar surface area (TPSA) is 17.1 Å². The molecule has 1 aromatic heterocycles. The second kappa shape index (κ2) is 4.55. The fourth-order valence-electron chi connectivity index (χ4n) is 1.43. The Morgan fingerprint density at radius 2 is 2.00 bits per heavy atom. The van der Waals surface area contributed by atoms with Gasteiger partial charge in [-0.2, -0.15) is 0 Å². The van der Waals surface area contributed by atoms with E-state index in [1.807, 2.05) is 0 Å². The van der Waals surface area contributed by atoms with Gasteiger partial charge >= 0.3 is 0 Å². The van der Waals surface area contributed by atoms with Crippen LogP contribution in [0.15, 0.2) is 23.6 Å². The van der Waals surface area contributed by atoms with Gasteiger partial charge in [0.15, 0.2) is 0 Å². The molecule has 0 saturated heterocycles. The minimum atomic E-state index is -0.873. The first-order valence-electron chi connectivity index (χ1n) is 4.74. The quantitative estimate of drug-likeness (QED) is 0.748. The molecule has 0 saturated carbocycles. The standard InChI is InChI=1S/C12H7ClF2OS/c1-6-2-3-8(14)9(10(6)15)11(16)12-7(13)4-5-17-12/h2-5H,1H3. The number of ketones is 1. The molecule has 5 heteroatoms. The van der Waals surface area contributed by atoms with Gasteiger partial charge < -0.3 is 0 Å². The van der Waals surface area contributed by atoms with Crippen LogP contribution < -0.4 is 0 Å². The van der Waals surface area contributed by atoms with E-state index in [0.717, 1.165) is 17.4 Å². The highest BCUT2D eigenvalue weighted by atomic mass is 35.5. The molecule has 1 nitrogen and oxygen atoms in total. The van der Waals surface area contributed by atoms with E-state index in [1.54, 1.807) is 5.38 Å². The summed E-state index contributed by atoms with van der Waals surface area (Å²) in [5.74, 6) is -2.43. The third-order valence-electron chi connectivity index (χ3n) is 2.33. The molecule has 1 aromatic carbocycles. The second-order valence-electron chi connectivity index (χ2n) is 3.48. The van der Waals surface area contributed by atoms with Crippen molar-refractivity contribution >= 4 is 28.7 Å². The van der Waals surface area contributed by atoms with Crippen molar-refractivity contribution in [1.29, 1.82) is 0 Å². The lowest BCUT2D eigenvalue weighted by atomic mass is 10.0. The van der Waals surface area contributed by atoms with Crippen LogP contribution in [0.3, 0.4) is 0 Å². The van der Waals surface area contributed by atoms with E-state index in [0.29, 0.717) is 0 Å². The Bertz CT molecular complexity index is 592. The molecule has 2 rings (SSSR count). The van der Waals surface area contributed by atoms with Crippen molar-refractivity contribution in [1.82, 2.24) is 0 Å². The Hall–Kier alpha value is -1.26. The first kappa shape index (κ1) is 12.2. The predicted octanol–water partition coefficient (Wildman–Crippen LogP) is 4.22. The highest BCUT2D eigenvalue weighted by Crippen LogP contribution is 2.27. The van der Waals surface area contributed by atoms with Crippen LogP contribution in [0.2, 0.25) is 5.02 Å². The van der Waals surface area contributed by atoms with Crippen LogP contribution in [0.1, 0.15) is 20.8 Å². The van der Waals surface area contributed by atoms with Gasteiger partial charge in [0.2, 0.25) is 5.78 Å². The molecule has 0 aliphatic carbocycles. The molecule has 0 spiro atoms. The Morgan fingerprint density at radius 3 is 2.59 bits per heavy atom. The van der Waals surface area contributed by atoms with Gasteiger partial charge in [0.25, 0.3) is 0 Å². The summed E-state index contributed by atoms with van der Waals surface area (Å²) in [6.07, 6.45) is 0. The molecule has 0 aliphatic rings. The number of hydrogen-bond acceptors (Lipinski definition) is 2. The Morgan fingerprint density at radius 1 is 1.29 bits per heavy atom. The minimum Gasteiger partial charge on any atom is -0.287 e. The summed E-state index contributed by atoms with van der Waals surface area (Å²) < 4.78 is 27.2. The first-order chi connectivity index (χ1) is 8.02. The maximum Gasteiger partial charge on any atom is 0.210 e. The lowest BCUT2D eigenvalue weighted by Crippen LogP contribution is -2.07. The monoisotopic (exact) mass is 272 g/mol. The van der Waals surface area contributed by atoms with E-state index in [1.165, 1.54) is 19.1 Å². The van der Waals surface area contributed by atoms with Crippen molar-refractivity contribution in [2.24, 2.45) is 0 Å². The SMILES string of the molecule is Cc1ccc(F)c(C(=O)c2sccc2Cl)c1F. The molecule has 17 heavy (non-hydrogen) atoms. The highest BCUT2D eigenvalue weighted by molar-refractivity contribution is 7.13. The van der Waals surface area contributed by atoms with Crippen LogP contribution in [0.5, 0.6) is 0 Å². The van der Waals surface area contributed by atoms with Crippen LogP contribution in [-0.4, -0.2) is 5.78 Å². The molecule has 2 aromatic rings. The molecule has 0 atom stereocenters. The third kappa shape index (κ3) is 2.10. The molecule has 0 aliphatic heterocycles. The Balaban J connectivity index is 2.59. The summed E-state index contributed by atoms with van der Waals surface area (Å²) in [6, 6.07) is 3.88. The first-order valence-corrected chi connectivity index (χ1v) is 6.00. The summed E-state index contributed by atoms with van der Waals surface area (Å²) in [6.45, 7) is 1.47. The molecule has 0 fully saturated rings.